The normalized spacial score (nSPS) is 9.09. The lowest BCUT2D eigenvalue weighted by atomic mass is 10.2. The van der Waals surface area contributed by atoms with Gasteiger partial charge in [-0.15, -0.1) is 0 Å². The molecule has 3 aromatic rings. The average Bonchev–Trinajstić information content (AvgIpc) is 2.55. The summed E-state index contributed by atoms with van der Waals surface area (Å²) in [5, 5.41) is 0.840. The maximum absolute atomic E-state index is 12.3. The standard InChI is InChI=1S/C7H7Cl.C6H6FN.C6H7N/c1-6-4-2-3-5-7(6)8;1-5-2-3-8-4-6(5)7;1-6-2-4-7-5-3-6/h2-5H,1H3;2-4H,1H3;2-5H,1H3. The van der Waals surface area contributed by atoms with Crippen LogP contribution in [0.25, 0.3) is 0 Å². The van der Waals surface area contributed by atoms with Crippen LogP contribution in [-0.4, -0.2) is 9.97 Å². The van der Waals surface area contributed by atoms with Crippen molar-refractivity contribution < 1.29 is 4.39 Å². The molecule has 0 N–H and O–H groups in total. The highest BCUT2D eigenvalue weighted by Crippen LogP contribution is 2.11. The van der Waals surface area contributed by atoms with E-state index >= 15 is 0 Å². The van der Waals surface area contributed by atoms with Gasteiger partial charge in [-0.3, -0.25) is 9.97 Å². The summed E-state index contributed by atoms with van der Waals surface area (Å²) >= 11 is 5.71. The molecule has 0 unspecified atom stereocenters. The minimum atomic E-state index is -0.243. The number of rotatable bonds is 0. The molecule has 0 aliphatic carbocycles. The van der Waals surface area contributed by atoms with Gasteiger partial charge in [0, 0.05) is 23.6 Å². The molecule has 0 atom stereocenters. The van der Waals surface area contributed by atoms with Crippen LogP contribution in [-0.2, 0) is 0 Å². The molecule has 1 aromatic carbocycles. The molecule has 2 aromatic heterocycles. The van der Waals surface area contributed by atoms with Crippen LogP contribution in [0.3, 0.4) is 0 Å². The van der Waals surface area contributed by atoms with Crippen molar-refractivity contribution in [1.82, 2.24) is 9.97 Å². The van der Waals surface area contributed by atoms with Crippen molar-refractivity contribution in [2.24, 2.45) is 0 Å². The van der Waals surface area contributed by atoms with Gasteiger partial charge in [0.15, 0.2) is 0 Å². The number of halogens is 2. The first kappa shape index (κ1) is 18.8. The first-order valence-corrected chi connectivity index (χ1v) is 7.52. The van der Waals surface area contributed by atoms with E-state index in [4.69, 9.17) is 11.6 Å². The lowest BCUT2D eigenvalue weighted by Gasteiger charge is -1.90. The Balaban J connectivity index is 0.000000173. The Hall–Kier alpha value is -2.26. The molecule has 0 aliphatic rings. The molecule has 0 saturated heterocycles. The van der Waals surface area contributed by atoms with Crippen LogP contribution in [0.2, 0.25) is 5.02 Å². The fraction of sp³-hybridized carbons (Fsp3) is 0.158. The minimum Gasteiger partial charge on any atom is -0.265 e. The highest BCUT2D eigenvalue weighted by atomic mass is 35.5. The van der Waals surface area contributed by atoms with Gasteiger partial charge in [-0.1, -0.05) is 29.8 Å². The van der Waals surface area contributed by atoms with Crippen LogP contribution in [0.1, 0.15) is 16.7 Å². The van der Waals surface area contributed by atoms with Crippen molar-refractivity contribution in [2.75, 3.05) is 0 Å². The molecule has 0 spiro atoms. The van der Waals surface area contributed by atoms with Crippen LogP contribution < -0.4 is 0 Å². The van der Waals surface area contributed by atoms with Crippen LogP contribution in [0.5, 0.6) is 0 Å². The molecule has 4 heteroatoms. The van der Waals surface area contributed by atoms with Gasteiger partial charge in [0.05, 0.1) is 6.20 Å². The monoisotopic (exact) mass is 330 g/mol. The molecule has 0 bridgehead atoms. The number of aryl methyl sites for hydroxylation is 3. The highest BCUT2D eigenvalue weighted by Gasteiger charge is 1.90. The maximum Gasteiger partial charge on any atom is 0.144 e. The molecule has 2 heterocycles. The van der Waals surface area contributed by atoms with Crippen molar-refractivity contribution >= 4 is 11.6 Å². The number of hydrogen-bond acceptors (Lipinski definition) is 2. The van der Waals surface area contributed by atoms with Gasteiger partial charge in [-0.25, -0.2) is 4.39 Å². The lowest BCUT2D eigenvalue weighted by molar-refractivity contribution is 0.612. The van der Waals surface area contributed by atoms with E-state index in [2.05, 4.69) is 9.97 Å². The lowest BCUT2D eigenvalue weighted by Crippen LogP contribution is -1.80. The summed E-state index contributed by atoms with van der Waals surface area (Å²) < 4.78 is 12.3. The van der Waals surface area contributed by atoms with E-state index < -0.39 is 0 Å². The fourth-order valence-corrected chi connectivity index (χ4v) is 1.56. The van der Waals surface area contributed by atoms with Crippen LogP contribution >= 0.6 is 11.6 Å². The second kappa shape index (κ2) is 10.5. The summed E-state index contributed by atoms with van der Waals surface area (Å²) in [5.41, 5.74) is 3.03. The third-order valence-electron chi connectivity index (χ3n) is 2.90. The van der Waals surface area contributed by atoms with Crippen molar-refractivity contribution in [3.8, 4) is 0 Å². The summed E-state index contributed by atoms with van der Waals surface area (Å²) in [6.45, 7) is 5.74. The van der Waals surface area contributed by atoms with Gasteiger partial charge in [0.2, 0.25) is 0 Å². The molecule has 3 rings (SSSR count). The van der Waals surface area contributed by atoms with Crippen molar-refractivity contribution in [2.45, 2.75) is 20.8 Å². The van der Waals surface area contributed by atoms with Gasteiger partial charge in [-0.2, -0.15) is 0 Å². The van der Waals surface area contributed by atoms with Gasteiger partial charge in [0.1, 0.15) is 5.82 Å². The maximum atomic E-state index is 12.3. The van der Waals surface area contributed by atoms with Crippen molar-refractivity contribution in [3.05, 3.63) is 94.8 Å². The molecule has 0 aliphatic heterocycles. The second-order valence-electron chi connectivity index (χ2n) is 4.90. The molecule has 0 amide bonds. The minimum absolute atomic E-state index is 0.243. The molecule has 23 heavy (non-hydrogen) atoms. The molecular weight excluding hydrogens is 311 g/mol. The SMILES string of the molecule is Cc1ccccc1Cl.Cc1ccncc1.Cc1ccncc1F. The number of benzene rings is 1. The van der Waals surface area contributed by atoms with Crippen LogP contribution in [0, 0.1) is 26.6 Å². The quantitative estimate of drug-likeness (QED) is 0.538. The largest absolute Gasteiger partial charge is 0.265 e. The zero-order valence-corrected chi connectivity index (χ0v) is 14.3. The zero-order valence-electron chi connectivity index (χ0n) is 13.5. The molecule has 120 valence electrons. The molecule has 0 fully saturated rings. The Morgan fingerprint density at radius 2 is 1.39 bits per heavy atom. The third kappa shape index (κ3) is 8.07. The number of aromatic nitrogens is 2. The smallest absolute Gasteiger partial charge is 0.144 e. The Morgan fingerprint density at radius 1 is 0.783 bits per heavy atom. The molecule has 0 radical (unpaired) electrons. The summed E-state index contributed by atoms with van der Waals surface area (Å²) in [7, 11) is 0. The number of hydrogen-bond donors (Lipinski definition) is 0. The molecule has 2 nitrogen and oxygen atoms in total. The fourth-order valence-electron chi connectivity index (χ4n) is 1.42. The molecular formula is C19H20ClFN2. The topological polar surface area (TPSA) is 25.8 Å². The van der Waals surface area contributed by atoms with E-state index in [-0.39, 0.29) is 5.82 Å². The van der Waals surface area contributed by atoms with E-state index in [1.165, 1.54) is 11.8 Å². The van der Waals surface area contributed by atoms with Gasteiger partial charge < -0.3 is 0 Å². The highest BCUT2D eigenvalue weighted by molar-refractivity contribution is 6.31. The van der Waals surface area contributed by atoms with Crippen LogP contribution in [0.15, 0.2) is 67.3 Å². The summed E-state index contributed by atoms with van der Waals surface area (Å²) in [6, 6.07) is 13.4. The van der Waals surface area contributed by atoms with Gasteiger partial charge in [-0.05, 0) is 61.7 Å². The van der Waals surface area contributed by atoms with E-state index in [0.29, 0.717) is 5.56 Å². The molecule has 0 saturated carbocycles. The number of nitrogens with zero attached hydrogens (tertiary/aromatic N) is 2. The number of pyridine rings is 2. The predicted molar refractivity (Wildman–Crippen MR) is 94.1 cm³/mol. The van der Waals surface area contributed by atoms with Gasteiger partial charge >= 0.3 is 0 Å². The van der Waals surface area contributed by atoms with E-state index in [9.17, 15) is 4.39 Å². The first-order chi connectivity index (χ1) is 11.0. The average molecular weight is 331 g/mol. The summed E-state index contributed by atoms with van der Waals surface area (Å²) in [4.78, 5) is 7.42. The van der Waals surface area contributed by atoms with E-state index in [1.807, 2.05) is 50.2 Å². The summed E-state index contributed by atoms with van der Waals surface area (Å²) in [5.74, 6) is -0.243. The Kier molecular flexibility index (Phi) is 8.55. The van der Waals surface area contributed by atoms with Gasteiger partial charge in [0.25, 0.3) is 0 Å². The van der Waals surface area contributed by atoms with Crippen molar-refractivity contribution in [3.63, 3.8) is 0 Å². The Labute approximate surface area is 142 Å². The van der Waals surface area contributed by atoms with Crippen molar-refractivity contribution in [1.29, 1.82) is 0 Å². The van der Waals surface area contributed by atoms with E-state index in [1.54, 1.807) is 31.6 Å². The summed E-state index contributed by atoms with van der Waals surface area (Å²) in [6.07, 6.45) is 6.35. The third-order valence-corrected chi connectivity index (χ3v) is 3.32. The second-order valence-corrected chi connectivity index (χ2v) is 5.31. The first-order valence-electron chi connectivity index (χ1n) is 7.14. The zero-order chi connectivity index (χ0) is 17.1. The Bertz CT molecular complexity index is 617. The predicted octanol–water partition coefficient (Wildman–Crippen LogP) is 5.57. The Morgan fingerprint density at radius 3 is 1.74 bits per heavy atom. The van der Waals surface area contributed by atoms with E-state index in [0.717, 1.165) is 10.6 Å². The van der Waals surface area contributed by atoms with Crippen LogP contribution in [0.4, 0.5) is 4.39 Å².